The third-order valence-corrected chi connectivity index (χ3v) is 6.00. The van der Waals surface area contributed by atoms with Crippen LogP contribution in [0.4, 0.5) is 0 Å². The minimum Gasteiger partial charge on any atom is -0.469 e. The molecule has 0 aliphatic rings. The van der Waals surface area contributed by atoms with Crippen molar-refractivity contribution in [2.45, 2.75) is 84.5 Å². The van der Waals surface area contributed by atoms with Gasteiger partial charge in [-0.05, 0) is 44.6 Å². The summed E-state index contributed by atoms with van der Waals surface area (Å²) in [6.45, 7) is 17.8. The van der Waals surface area contributed by atoms with E-state index in [9.17, 15) is 4.79 Å². The zero-order valence-corrected chi connectivity index (χ0v) is 18.8. The number of ether oxygens (including phenoxy) is 1. The number of carbonyl (C=O) groups excluding carboxylic acids is 1. The summed E-state index contributed by atoms with van der Waals surface area (Å²) in [5.74, 6) is -0.429. The van der Waals surface area contributed by atoms with Crippen LogP contribution >= 0.6 is 0 Å². The summed E-state index contributed by atoms with van der Waals surface area (Å²) in [6, 6.07) is 1.08. The Bertz CT molecular complexity index is 392. The van der Waals surface area contributed by atoms with E-state index in [2.05, 4.69) is 52.3 Å². The third-order valence-electron chi connectivity index (χ3n) is 3.57. The molecule has 23 heavy (non-hydrogen) atoms. The molecule has 0 heterocycles. The largest absolute Gasteiger partial charge is 0.469 e. The van der Waals surface area contributed by atoms with E-state index in [1.165, 1.54) is 25.5 Å². The van der Waals surface area contributed by atoms with E-state index in [4.69, 9.17) is 9.16 Å². The van der Waals surface area contributed by atoms with Crippen LogP contribution in [0.5, 0.6) is 0 Å². The summed E-state index contributed by atoms with van der Waals surface area (Å²) in [5, 5.41) is 0. The zero-order valence-electron chi connectivity index (χ0n) is 16.8. The first-order valence-corrected chi connectivity index (χ1v) is 16.0. The quantitative estimate of drug-likeness (QED) is 0.225. The van der Waals surface area contributed by atoms with Crippen molar-refractivity contribution in [2.75, 3.05) is 7.11 Å². The number of allylic oxidation sites excluding steroid dienone is 1. The summed E-state index contributed by atoms with van der Waals surface area (Å²) in [5.41, 5.74) is 1.32. The highest BCUT2D eigenvalue weighted by molar-refractivity contribution is 6.76. The number of esters is 1. The van der Waals surface area contributed by atoms with Crippen LogP contribution < -0.4 is 0 Å². The monoisotopic (exact) mass is 358 g/mol. The fourth-order valence-corrected chi connectivity index (χ4v) is 5.27. The van der Waals surface area contributed by atoms with E-state index >= 15 is 0 Å². The number of methoxy groups -OCH3 is 1. The molecule has 0 saturated heterocycles. The highest BCUT2D eigenvalue weighted by Crippen LogP contribution is 2.29. The lowest BCUT2D eigenvalue weighted by Crippen LogP contribution is -2.41. The molecule has 0 amide bonds. The van der Waals surface area contributed by atoms with E-state index in [0.717, 1.165) is 12.5 Å². The van der Waals surface area contributed by atoms with Crippen LogP contribution in [0.15, 0.2) is 11.6 Å². The first-order valence-electron chi connectivity index (χ1n) is 8.86. The Labute approximate surface area is 146 Å². The lowest BCUT2D eigenvalue weighted by molar-refractivity contribution is -0.147. The predicted molar refractivity (Wildman–Crippen MR) is 105 cm³/mol. The van der Waals surface area contributed by atoms with Crippen LogP contribution in [0.1, 0.15) is 33.1 Å². The van der Waals surface area contributed by atoms with E-state index in [-0.39, 0.29) is 18.0 Å². The Kier molecular flexibility index (Phi) is 9.62. The van der Waals surface area contributed by atoms with Gasteiger partial charge in [-0.25, -0.2) is 0 Å². The van der Waals surface area contributed by atoms with Gasteiger partial charge in [-0.15, -0.1) is 0 Å². The van der Waals surface area contributed by atoms with Crippen molar-refractivity contribution in [2.24, 2.45) is 5.92 Å². The maximum absolute atomic E-state index is 12.1. The van der Waals surface area contributed by atoms with E-state index in [1.807, 2.05) is 6.92 Å². The molecule has 2 unspecified atom stereocenters. The molecule has 0 saturated carbocycles. The second-order valence-electron chi connectivity index (χ2n) is 8.62. The van der Waals surface area contributed by atoms with Gasteiger partial charge in [-0.1, -0.05) is 45.5 Å². The molecule has 3 nitrogen and oxygen atoms in total. The van der Waals surface area contributed by atoms with Crippen LogP contribution in [0, 0.1) is 5.92 Å². The van der Waals surface area contributed by atoms with Crippen molar-refractivity contribution in [1.82, 2.24) is 0 Å². The van der Waals surface area contributed by atoms with Crippen molar-refractivity contribution in [3.63, 3.8) is 0 Å². The molecule has 2 atom stereocenters. The number of carbonyl (C=O) groups is 1. The molecule has 0 fully saturated rings. The van der Waals surface area contributed by atoms with Crippen LogP contribution in [-0.4, -0.2) is 35.6 Å². The second-order valence-corrected chi connectivity index (χ2v) is 18.6. The zero-order chi connectivity index (χ0) is 18.3. The molecular weight excluding hydrogens is 320 g/mol. The van der Waals surface area contributed by atoms with Gasteiger partial charge in [0.25, 0.3) is 0 Å². The topological polar surface area (TPSA) is 35.5 Å². The molecule has 0 rings (SSSR count). The lowest BCUT2D eigenvalue weighted by Gasteiger charge is -2.34. The summed E-state index contributed by atoms with van der Waals surface area (Å²) in [6.07, 6.45) is 5.63. The number of hydrogen-bond donors (Lipinski definition) is 0. The average Bonchev–Trinajstić information content (AvgIpc) is 2.40. The molecular formula is C18H38O3Si2. The van der Waals surface area contributed by atoms with Gasteiger partial charge in [0.2, 0.25) is 0 Å². The van der Waals surface area contributed by atoms with Gasteiger partial charge in [0.15, 0.2) is 8.32 Å². The van der Waals surface area contributed by atoms with E-state index in [1.54, 1.807) is 0 Å². The Balaban J connectivity index is 5.58. The van der Waals surface area contributed by atoms with Gasteiger partial charge in [0, 0.05) is 8.07 Å². The van der Waals surface area contributed by atoms with Gasteiger partial charge >= 0.3 is 5.97 Å². The molecule has 5 heteroatoms. The maximum Gasteiger partial charge on any atom is 0.311 e. The first-order chi connectivity index (χ1) is 10.4. The molecule has 0 N–H and O–H groups in total. The summed E-state index contributed by atoms with van der Waals surface area (Å²) >= 11 is 0. The molecule has 0 aliphatic heterocycles. The minimum absolute atomic E-state index is 0.141. The normalized spacial score (nSPS) is 16.1. The van der Waals surface area contributed by atoms with Crippen LogP contribution in [0.3, 0.4) is 0 Å². The SMILES string of the molecule is CCCC/C=C(\C[Si](C)(C)C)C(O[Si](C)(C)C)C(C)C(=O)OC. The van der Waals surface area contributed by atoms with Gasteiger partial charge in [0.1, 0.15) is 0 Å². The Morgan fingerprint density at radius 2 is 1.70 bits per heavy atom. The number of rotatable bonds is 10. The molecule has 0 aromatic rings. The minimum atomic E-state index is -1.76. The number of hydrogen-bond acceptors (Lipinski definition) is 3. The van der Waals surface area contributed by atoms with E-state index < -0.39 is 16.4 Å². The molecule has 136 valence electrons. The van der Waals surface area contributed by atoms with Gasteiger partial charge < -0.3 is 9.16 Å². The molecule has 0 spiro atoms. The molecule has 0 aromatic carbocycles. The van der Waals surface area contributed by atoms with Crippen molar-refractivity contribution >= 4 is 22.4 Å². The fraction of sp³-hybridized carbons (Fsp3) is 0.833. The van der Waals surface area contributed by atoms with Crippen LogP contribution in [0.25, 0.3) is 0 Å². The van der Waals surface area contributed by atoms with Gasteiger partial charge in [-0.3, -0.25) is 4.79 Å². The van der Waals surface area contributed by atoms with Gasteiger partial charge in [0.05, 0.1) is 19.1 Å². The van der Waals surface area contributed by atoms with Gasteiger partial charge in [-0.2, -0.15) is 0 Å². The summed E-state index contributed by atoms with van der Waals surface area (Å²) in [4.78, 5) is 12.1. The fourth-order valence-electron chi connectivity index (χ4n) is 2.58. The van der Waals surface area contributed by atoms with Crippen molar-refractivity contribution in [3.8, 4) is 0 Å². The second kappa shape index (κ2) is 9.79. The standard InChI is InChI=1S/C18H38O3Si2/c1-10-11-12-13-16(14-22(4,5)6)17(21-23(7,8)9)15(2)18(19)20-3/h13,15,17H,10-12,14H2,1-9H3/b16-13+. The molecule has 0 aromatic heterocycles. The van der Waals surface area contributed by atoms with Crippen molar-refractivity contribution < 1.29 is 14.0 Å². The smallest absolute Gasteiger partial charge is 0.311 e. The Hall–Kier alpha value is -0.396. The highest BCUT2D eigenvalue weighted by Gasteiger charge is 2.34. The predicted octanol–water partition coefficient (Wildman–Crippen LogP) is 5.47. The summed E-state index contributed by atoms with van der Waals surface area (Å²) < 4.78 is 11.4. The first kappa shape index (κ1) is 22.6. The van der Waals surface area contributed by atoms with Crippen LogP contribution in [-0.2, 0) is 14.0 Å². The van der Waals surface area contributed by atoms with E-state index in [0.29, 0.717) is 0 Å². The Morgan fingerprint density at radius 3 is 2.09 bits per heavy atom. The van der Waals surface area contributed by atoms with Crippen molar-refractivity contribution in [1.29, 1.82) is 0 Å². The third kappa shape index (κ3) is 10.1. The van der Waals surface area contributed by atoms with Crippen molar-refractivity contribution in [3.05, 3.63) is 11.6 Å². The maximum atomic E-state index is 12.1. The molecule has 0 bridgehead atoms. The Morgan fingerprint density at radius 1 is 1.13 bits per heavy atom. The average molecular weight is 359 g/mol. The lowest BCUT2D eigenvalue weighted by atomic mass is 9.97. The van der Waals surface area contributed by atoms with Crippen LogP contribution in [0.2, 0.25) is 45.3 Å². The molecule has 0 aliphatic carbocycles. The molecule has 0 radical (unpaired) electrons. The number of unbranched alkanes of at least 4 members (excludes halogenated alkanes) is 2. The highest BCUT2D eigenvalue weighted by atomic mass is 28.4. The summed E-state index contributed by atoms with van der Waals surface area (Å²) in [7, 11) is -1.59.